The van der Waals surface area contributed by atoms with E-state index in [2.05, 4.69) is 20.8 Å². The quantitative estimate of drug-likeness (QED) is 0.183. The first kappa shape index (κ1) is 31.4. The Morgan fingerprint density at radius 3 is 1.87 bits per heavy atom. The topological polar surface area (TPSA) is 52.6 Å². The van der Waals surface area contributed by atoms with Gasteiger partial charge in [0.2, 0.25) is 0 Å². The normalized spacial score (nSPS) is 12.4. The maximum absolute atomic E-state index is 12.2. The minimum atomic E-state index is -0.426. The molecule has 0 aliphatic carbocycles. The van der Waals surface area contributed by atoms with Crippen molar-refractivity contribution in [2.24, 2.45) is 5.92 Å². The molecule has 0 fully saturated rings. The summed E-state index contributed by atoms with van der Waals surface area (Å²) in [4.78, 5) is 24.3. The predicted molar refractivity (Wildman–Crippen MR) is 120 cm³/mol. The molecule has 6 heteroatoms. The molecule has 0 amide bonds. The molecular formula is C24H48ClNO4. The molecule has 0 saturated carbocycles. The van der Waals surface area contributed by atoms with Crippen molar-refractivity contribution in [2.75, 3.05) is 34.3 Å². The van der Waals surface area contributed by atoms with E-state index >= 15 is 0 Å². The van der Waals surface area contributed by atoms with E-state index in [9.17, 15) is 9.59 Å². The minimum absolute atomic E-state index is 0. The van der Waals surface area contributed by atoms with Crippen molar-refractivity contribution < 1.29 is 36.0 Å². The molecule has 180 valence electrons. The largest absolute Gasteiger partial charge is 1.00 e. The molecular weight excluding hydrogens is 402 g/mol. The molecule has 0 aromatic heterocycles. The highest BCUT2D eigenvalue weighted by Crippen LogP contribution is 2.12. The molecule has 5 nitrogen and oxygen atoms in total. The molecule has 0 rings (SSSR count). The van der Waals surface area contributed by atoms with Gasteiger partial charge < -0.3 is 26.4 Å². The first-order valence-corrected chi connectivity index (χ1v) is 11.8. The first-order valence-electron chi connectivity index (χ1n) is 11.8. The Morgan fingerprint density at radius 1 is 0.833 bits per heavy atom. The summed E-state index contributed by atoms with van der Waals surface area (Å²) in [5.41, 5.74) is 0. The van der Waals surface area contributed by atoms with Crippen LogP contribution in [0.25, 0.3) is 0 Å². The van der Waals surface area contributed by atoms with Crippen LogP contribution in [-0.4, -0.2) is 56.8 Å². The predicted octanol–water partition coefficient (Wildman–Crippen LogP) is 2.51. The number of likely N-dealkylation sites (N-methyl/N-ethyl adjacent to an activating group) is 1. The number of hydrogen-bond donors (Lipinski definition) is 0. The highest BCUT2D eigenvalue weighted by Gasteiger charge is 2.25. The Kier molecular flexibility index (Phi) is 19.8. The van der Waals surface area contributed by atoms with Crippen LogP contribution in [0, 0.1) is 5.92 Å². The number of rotatable bonds is 18. The van der Waals surface area contributed by atoms with Crippen LogP contribution >= 0.6 is 0 Å². The number of hydrogen-bond acceptors (Lipinski definition) is 4. The average Bonchev–Trinajstić information content (AvgIpc) is 2.60. The molecule has 0 unspecified atom stereocenters. The number of carbonyl (C=O) groups excluding carboxylic acids is 2. The fourth-order valence-electron chi connectivity index (χ4n) is 3.25. The minimum Gasteiger partial charge on any atom is -1.00 e. The molecule has 0 aliphatic heterocycles. The highest BCUT2D eigenvalue weighted by molar-refractivity contribution is 5.72. The first-order chi connectivity index (χ1) is 13.6. The van der Waals surface area contributed by atoms with Crippen LogP contribution in [0.2, 0.25) is 0 Å². The summed E-state index contributed by atoms with van der Waals surface area (Å²) in [6.45, 7) is 7.47. The number of nitrogens with zero attached hydrogens (tertiary/aromatic N) is 1. The van der Waals surface area contributed by atoms with Crippen molar-refractivity contribution in [3.8, 4) is 0 Å². The standard InChI is InChI=1S/C24H48NO4.ClH/c1-7-8-9-10-11-12-13-14-15-18-28-24(27)19-22(20-25(4,5)6)29-23(26)17-16-21(2)3;/h21-22H,7-20H2,1-6H3;1H/q+1;/p-1/t22-;/m1./s1. The van der Waals surface area contributed by atoms with Gasteiger partial charge in [-0.25, -0.2) is 0 Å². The van der Waals surface area contributed by atoms with Crippen LogP contribution in [0.4, 0.5) is 0 Å². The van der Waals surface area contributed by atoms with Gasteiger partial charge >= 0.3 is 11.9 Å². The van der Waals surface area contributed by atoms with E-state index in [-0.39, 0.29) is 30.8 Å². The Balaban J connectivity index is 0. The van der Waals surface area contributed by atoms with E-state index in [1.165, 1.54) is 44.9 Å². The molecule has 0 aromatic carbocycles. The number of quaternary nitrogens is 1. The highest BCUT2D eigenvalue weighted by atomic mass is 35.5. The van der Waals surface area contributed by atoms with E-state index in [0.29, 0.717) is 30.0 Å². The van der Waals surface area contributed by atoms with Crippen molar-refractivity contribution in [1.82, 2.24) is 0 Å². The zero-order valence-corrected chi connectivity index (χ0v) is 21.3. The van der Waals surface area contributed by atoms with E-state index in [1.54, 1.807) is 0 Å². The smallest absolute Gasteiger partial charge is 0.309 e. The fraction of sp³-hybridized carbons (Fsp3) is 0.917. The van der Waals surface area contributed by atoms with Gasteiger partial charge in [-0.3, -0.25) is 9.59 Å². The van der Waals surface area contributed by atoms with Crippen LogP contribution in [0.3, 0.4) is 0 Å². The Morgan fingerprint density at radius 2 is 1.37 bits per heavy atom. The summed E-state index contributed by atoms with van der Waals surface area (Å²) >= 11 is 0. The lowest BCUT2D eigenvalue weighted by Gasteiger charge is -2.28. The number of esters is 2. The second kappa shape index (κ2) is 18.9. The molecule has 0 spiro atoms. The molecule has 0 saturated heterocycles. The molecule has 0 radical (unpaired) electrons. The second-order valence-electron chi connectivity index (χ2n) is 9.77. The third kappa shape index (κ3) is 21.9. The lowest BCUT2D eigenvalue weighted by atomic mass is 10.1. The lowest BCUT2D eigenvalue weighted by molar-refractivity contribution is -0.873. The molecule has 0 heterocycles. The zero-order chi connectivity index (χ0) is 22.1. The number of halogens is 1. The van der Waals surface area contributed by atoms with Crippen molar-refractivity contribution in [2.45, 2.75) is 104 Å². The van der Waals surface area contributed by atoms with E-state index < -0.39 is 6.10 Å². The van der Waals surface area contributed by atoms with Crippen molar-refractivity contribution in [3.05, 3.63) is 0 Å². The van der Waals surface area contributed by atoms with Crippen LogP contribution < -0.4 is 12.4 Å². The maximum atomic E-state index is 12.2. The molecule has 0 N–H and O–H groups in total. The van der Waals surface area contributed by atoms with Crippen molar-refractivity contribution in [1.29, 1.82) is 0 Å². The van der Waals surface area contributed by atoms with Gasteiger partial charge in [-0.1, -0.05) is 72.1 Å². The molecule has 1 atom stereocenters. The van der Waals surface area contributed by atoms with Gasteiger partial charge in [0.15, 0.2) is 6.10 Å². The van der Waals surface area contributed by atoms with E-state index in [4.69, 9.17) is 9.47 Å². The van der Waals surface area contributed by atoms with E-state index in [1.807, 2.05) is 21.1 Å². The van der Waals surface area contributed by atoms with Gasteiger partial charge in [-0.05, 0) is 18.8 Å². The maximum Gasteiger partial charge on any atom is 0.309 e. The molecule has 30 heavy (non-hydrogen) atoms. The van der Waals surface area contributed by atoms with Crippen molar-refractivity contribution in [3.63, 3.8) is 0 Å². The fourth-order valence-corrected chi connectivity index (χ4v) is 3.25. The third-order valence-electron chi connectivity index (χ3n) is 4.88. The monoisotopic (exact) mass is 449 g/mol. The lowest BCUT2D eigenvalue weighted by Crippen LogP contribution is -3.00. The Labute approximate surface area is 192 Å². The van der Waals surface area contributed by atoms with E-state index in [0.717, 1.165) is 19.3 Å². The van der Waals surface area contributed by atoms with Crippen LogP contribution in [-0.2, 0) is 19.1 Å². The molecule has 0 aromatic rings. The van der Waals surface area contributed by atoms with Crippen molar-refractivity contribution >= 4 is 11.9 Å². The van der Waals surface area contributed by atoms with Gasteiger partial charge in [0.1, 0.15) is 6.54 Å². The number of unbranched alkanes of at least 4 members (excludes halogenated alkanes) is 8. The number of ether oxygens (including phenoxy) is 2. The van der Waals surface area contributed by atoms with Gasteiger partial charge in [-0.2, -0.15) is 0 Å². The van der Waals surface area contributed by atoms with Gasteiger partial charge in [0, 0.05) is 6.42 Å². The average molecular weight is 450 g/mol. The number of carbonyl (C=O) groups is 2. The second-order valence-corrected chi connectivity index (χ2v) is 9.77. The Bertz CT molecular complexity index is 435. The summed E-state index contributed by atoms with van der Waals surface area (Å²) < 4.78 is 11.6. The summed E-state index contributed by atoms with van der Waals surface area (Å²) in [6, 6.07) is 0. The van der Waals surface area contributed by atoms with Crippen LogP contribution in [0.15, 0.2) is 0 Å². The molecule has 0 bridgehead atoms. The van der Waals surface area contributed by atoms with Crippen LogP contribution in [0.5, 0.6) is 0 Å². The summed E-state index contributed by atoms with van der Waals surface area (Å²) in [5, 5.41) is 0. The summed E-state index contributed by atoms with van der Waals surface area (Å²) in [5.74, 6) is -0.0238. The van der Waals surface area contributed by atoms with Gasteiger partial charge in [0.05, 0.1) is 34.2 Å². The zero-order valence-electron chi connectivity index (χ0n) is 20.5. The SMILES string of the molecule is CCCCCCCCCCCOC(=O)C[C@H](C[N+](C)(C)C)OC(=O)CCC(C)C.[Cl-]. The van der Waals surface area contributed by atoms with Gasteiger partial charge in [0.25, 0.3) is 0 Å². The van der Waals surface area contributed by atoms with Gasteiger partial charge in [-0.15, -0.1) is 0 Å². The summed E-state index contributed by atoms with van der Waals surface area (Å²) in [6.07, 6.45) is 12.1. The molecule has 0 aliphatic rings. The third-order valence-corrected chi connectivity index (χ3v) is 4.88. The van der Waals surface area contributed by atoms with Crippen LogP contribution in [0.1, 0.15) is 97.8 Å². The summed E-state index contributed by atoms with van der Waals surface area (Å²) in [7, 11) is 6.09. The Hall–Kier alpha value is -0.810.